The summed E-state index contributed by atoms with van der Waals surface area (Å²) in [6.07, 6.45) is -5.40. The summed E-state index contributed by atoms with van der Waals surface area (Å²) in [6.45, 7) is 0. The zero-order chi connectivity index (χ0) is 9.19. The lowest BCUT2D eigenvalue weighted by atomic mass is 10.1. The monoisotopic (exact) mass is 175 g/mol. The van der Waals surface area contributed by atoms with Crippen LogP contribution in [0.1, 0.15) is 5.56 Å². The molecule has 0 aromatic heterocycles. The highest BCUT2D eigenvalue weighted by Gasteiger charge is 2.28. The number of phenolic OH excluding ortho intramolecular Hbond substituents is 1. The van der Waals surface area contributed by atoms with E-state index in [2.05, 4.69) is 6.07 Å². The van der Waals surface area contributed by atoms with Crippen LogP contribution in [0.5, 0.6) is 5.75 Å². The van der Waals surface area contributed by atoms with E-state index in [9.17, 15) is 13.2 Å². The molecular weight excluding hydrogens is 169 g/mol. The van der Waals surface area contributed by atoms with Crippen LogP contribution in [0.2, 0.25) is 0 Å². The maximum absolute atomic E-state index is 11.8. The molecule has 0 spiro atoms. The standard InChI is InChI=1S/C8H6F3O/c9-8(10,11)5-6-3-1-2-4-7(6)12/h1-3,12H,5H2. The molecule has 1 N–H and O–H groups in total. The molecular formula is C8H6F3O. The first-order chi connectivity index (χ1) is 5.49. The highest BCUT2D eigenvalue weighted by atomic mass is 19.4. The van der Waals surface area contributed by atoms with Gasteiger partial charge in [0.05, 0.1) is 6.42 Å². The summed E-state index contributed by atoms with van der Waals surface area (Å²) in [4.78, 5) is 0. The molecule has 1 radical (unpaired) electrons. The second-order valence-electron chi connectivity index (χ2n) is 2.34. The van der Waals surface area contributed by atoms with Gasteiger partial charge < -0.3 is 5.11 Å². The lowest BCUT2D eigenvalue weighted by Gasteiger charge is -2.06. The minimum absolute atomic E-state index is 0.148. The molecule has 0 fully saturated rings. The van der Waals surface area contributed by atoms with E-state index in [1.54, 1.807) is 0 Å². The van der Waals surface area contributed by atoms with Crippen molar-refractivity contribution in [1.29, 1.82) is 0 Å². The maximum atomic E-state index is 11.8. The van der Waals surface area contributed by atoms with Crippen LogP contribution in [-0.4, -0.2) is 11.3 Å². The fraction of sp³-hybridized carbons (Fsp3) is 0.250. The first kappa shape index (κ1) is 8.90. The van der Waals surface area contributed by atoms with Crippen molar-refractivity contribution in [2.75, 3.05) is 0 Å². The molecule has 4 heteroatoms. The third-order valence-corrected chi connectivity index (χ3v) is 1.31. The van der Waals surface area contributed by atoms with Crippen molar-refractivity contribution in [1.82, 2.24) is 0 Å². The maximum Gasteiger partial charge on any atom is 0.393 e. The van der Waals surface area contributed by atoms with Crippen molar-refractivity contribution in [3.05, 3.63) is 29.8 Å². The summed E-state index contributed by atoms with van der Waals surface area (Å²) in [5, 5.41) is 8.92. The summed E-state index contributed by atoms with van der Waals surface area (Å²) >= 11 is 0. The summed E-state index contributed by atoms with van der Waals surface area (Å²) in [7, 11) is 0. The molecule has 0 amide bonds. The average Bonchev–Trinajstić information content (AvgIpc) is 1.91. The highest BCUT2D eigenvalue weighted by Crippen LogP contribution is 2.25. The van der Waals surface area contributed by atoms with E-state index >= 15 is 0 Å². The van der Waals surface area contributed by atoms with Crippen LogP contribution in [0.4, 0.5) is 13.2 Å². The molecule has 0 aliphatic carbocycles. The average molecular weight is 175 g/mol. The molecule has 1 aromatic rings. The Hall–Kier alpha value is -1.19. The van der Waals surface area contributed by atoms with E-state index in [1.165, 1.54) is 18.2 Å². The van der Waals surface area contributed by atoms with E-state index in [0.29, 0.717) is 0 Å². The molecule has 1 aromatic carbocycles. The van der Waals surface area contributed by atoms with Crippen molar-refractivity contribution >= 4 is 0 Å². The van der Waals surface area contributed by atoms with Gasteiger partial charge in [-0.2, -0.15) is 13.2 Å². The van der Waals surface area contributed by atoms with Gasteiger partial charge in [0, 0.05) is 11.6 Å². The zero-order valence-electron chi connectivity index (χ0n) is 6.02. The number of hydrogen-bond donors (Lipinski definition) is 1. The molecule has 1 nitrogen and oxygen atoms in total. The van der Waals surface area contributed by atoms with Gasteiger partial charge in [-0.15, -0.1) is 0 Å². The summed E-state index contributed by atoms with van der Waals surface area (Å²) < 4.78 is 35.4. The number of alkyl halides is 3. The largest absolute Gasteiger partial charge is 0.507 e. The second-order valence-corrected chi connectivity index (χ2v) is 2.34. The van der Waals surface area contributed by atoms with Gasteiger partial charge in [-0.3, -0.25) is 0 Å². The number of aromatic hydroxyl groups is 1. The third kappa shape index (κ3) is 2.45. The van der Waals surface area contributed by atoms with Crippen LogP contribution in [0.15, 0.2) is 18.2 Å². The van der Waals surface area contributed by atoms with Gasteiger partial charge in [-0.1, -0.05) is 18.2 Å². The van der Waals surface area contributed by atoms with Gasteiger partial charge in [-0.25, -0.2) is 0 Å². The molecule has 65 valence electrons. The Morgan fingerprint density at radius 3 is 2.58 bits per heavy atom. The van der Waals surface area contributed by atoms with Gasteiger partial charge in [0.1, 0.15) is 5.75 Å². The van der Waals surface area contributed by atoms with Gasteiger partial charge >= 0.3 is 6.18 Å². The quantitative estimate of drug-likeness (QED) is 0.694. The predicted molar refractivity (Wildman–Crippen MR) is 36.7 cm³/mol. The van der Waals surface area contributed by atoms with E-state index in [4.69, 9.17) is 5.11 Å². The summed E-state index contributed by atoms with van der Waals surface area (Å²) in [6, 6.07) is 6.26. The Morgan fingerprint density at radius 1 is 1.42 bits per heavy atom. The molecule has 0 bridgehead atoms. The number of phenols is 1. The van der Waals surface area contributed by atoms with Gasteiger partial charge in [0.25, 0.3) is 0 Å². The van der Waals surface area contributed by atoms with Gasteiger partial charge in [0.15, 0.2) is 0 Å². The predicted octanol–water partition coefficient (Wildman–Crippen LogP) is 2.30. The van der Waals surface area contributed by atoms with Crippen LogP contribution in [0, 0.1) is 6.07 Å². The normalized spacial score (nSPS) is 11.6. The number of benzene rings is 1. The van der Waals surface area contributed by atoms with Crippen molar-refractivity contribution < 1.29 is 18.3 Å². The van der Waals surface area contributed by atoms with E-state index in [1.807, 2.05) is 0 Å². The van der Waals surface area contributed by atoms with Crippen molar-refractivity contribution in [3.8, 4) is 5.75 Å². The molecule has 0 aliphatic rings. The SMILES string of the molecule is Oc1[c]cccc1CC(F)(F)F. The van der Waals surface area contributed by atoms with Gasteiger partial charge in [0.2, 0.25) is 0 Å². The fourth-order valence-corrected chi connectivity index (χ4v) is 0.822. The van der Waals surface area contributed by atoms with E-state index < -0.39 is 18.3 Å². The van der Waals surface area contributed by atoms with Crippen molar-refractivity contribution in [3.63, 3.8) is 0 Å². The minimum Gasteiger partial charge on any atom is -0.507 e. The first-order valence-electron chi connectivity index (χ1n) is 3.24. The Balaban J connectivity index is 2.83. The fourth-order valence-electron chi connectivity index (χ4n) is 0.822. The van der Waals surface area contributed by atoms with Crippen LogP contribution < -0.4 is 0 Å². The molecule has 0 saturated carbocycles. The lowest BCUT2D eigenvalue weighted by Crippen LogP contribution is -2.11. The Kier molecular flexibility index (Phi) is 2.26. The molecule has 0 saturated heterocycles. The molecule has 1 rings (SSSR count). The third-order valence-electron chi connectivity index (χ3n) is 1.31. The zero-order valence-corrected chi connectivity index (χ0v) is 6.02. The molecule has 0 unspecified atom stereocenters. The molecule has 0 heterocycles. The van der Waals surface area contributed by atoms with Crippen LogP contribution in [-0.2, 0) is 6.42 Å². The number of hydrogen-bond acceptors (Lipinski definition) is 1. The summed E-state index contributed by atoms with van der Waals surface area (Å²) in [5.41, 5.74) is -0.148. The van der Waals surface area contributed by atoms with E-state index in [-0.39, 0.29) is 5.56 Å². The molecule has 12 heavy (non-hydrogen) atoms. The topological polar surface area (TPSA) is 20.2 Å². The summed E-state index contributed by atoms with van der Waals surface area (Å²) in [5.74, 6) is -0.435. The lowest BCUT2D eigenvalue weighted by molar-refractivity contribution is -0.127. The Labute approximate surface area is 67.5 Å². The number of rotatable bonds is 1. The smallest absolute Gasteiger partial charge is 0.393 e. The Morgan fingerprint density at radius 2 is 2.08 bits per heavy atom. The van der Waals surface area contributed by atoms with Crippen LogP contribution in [0.25, 0.3) is 0 Å². The van der Waals surface area contributed by atoms with E-state index in [0.717, 1.165) is 0 Å². The minimum atomic E-state index is -4.29. The van der Waals surface area contributed by atoms with Crippen LogP contribution >= 0.6 is 0 Å². The molecule has 0 aliphatic heterocycles. The Bertz CT molecular complexity index is 267. The molecule has 0 atom stereocenters. The second kappa shape index (κ2) is 3.05. The van der Waals surface area contributed by atoms with Crippen molar-refractivity contribution in [2.45, 2.75) is 12.6 Å². The van der Waals surface area contributed by atoms with Gasteiger partial charge in [-0.05, 0) is 0 Å². The number of para-hydroxylation sites is 1. The van der Waals surface area contributed by atoms with Crippen molar-refractivity contribution in [2.24, 2.45) is 0 Å². The first-order valence-corrected chi connectivity index (χ1v) is 3.24. The van der Waals surface area contributed by atoms with Crippen LogP contribution in [0.3, 0.4) is 0 Å². The number of halogens is 3. The highest BCUT2D eigenvalue weighted by molar-refractivity contribution is 5.31.